The van der Waals surface area contributed by atoms with Crippen molar-refractivity contribution in [1.82, 2.24) is 4.58 Å². The molecule has 192 valence electrons. The molecule has 0 atom stereocenters. The van der Waals surface area contributed by atoms with Crippen LogP contribution in [0.25, 0.3) is 33.4 Å². The Morgan fingerprint density at radius 3 is 2.27 bits per heavy atom. The zero-order chi connectivity index (χ0) is 26.5. The van der Waals surface area contributed by atoms with Crippen molar-refractivity contribution in [2.75, 3.05) is 31.1 Å². The molecule has 37 heavy (non-hydrogen) atoms. The normalized spacial score (nSPS) is 11.1. The van der Waals surface area contributed by atoms with Crippen LogP contribution in [0.1, 0.15) is 51.4 Å². The Bertz CT molecular complexity index is 1470. The highest BCUT2D eigenvalue weighted by molar-refractivity contribution is 6.09. The van der Waals surface area contributed by atoms with Crippen LogP contribution in [-0.2, 0) is 9.53 Å². The van der Waals surface area contributed by atoms with Crippen molar-refractivity contribution in [3.63, 3.8) is 0 Å². The predicted octanol–water partition coefficient (Wildman–Crippen LogP) is 5.96. The van der Waals surface area contributed by atoms with Gasteiger partial charge < -0.3 is 14.1 Å². The number of benzene rings is 3. The highest BCUT2D eigenvalue weighted by Gasteiger charge is 2.24. The highest BCUT2D eigenvalue weighted by atomic mass is 16.6. The molecule has 0 spiro atoms. The quantitative estimate of drug-likeness (QED) is 0.130. The van der Waals surface area contributed by atoms with Crippen molar-refractivity contribution in [3.8, 4) is 22.5 Å². The highest BCUT2D eigenvalue weighted by Crippen LogP contribution is 2.42. The van der Waals surface area contributed by atoms with Crippen LogP contribution in [0.4, 0.5) is 5.69 Å². The number of hydrogen-bond donors (Lipinski definition) is 0. The van der Waals surface area contributed by atoms with E-state index in [4.69, 9.17) is 9.15 Å². The average Bonchev–Trinajstić information content (AvgIpc) is 2.92. The van der Waals surface area contributed by atoms with Crippen LogP contribution in [-0.4, -0.2) is 38.1 Å². The SMILES string of the molecule is CCC(=O)OC(=O)c1ccccc1-c1c2ccc(=[N+](CC)CC)cc-2oc2cc(N(CC)CC)ccc12. The summed E-state index contributed by atoms with van der Waals surface area (Å²) in [6, 6.07) is 19.7. The first-order valence-corrected chi connectivity index (χ1v) is 13.1. The first kappa shape index (κ1) is 26.1. The Morgan fingerprint density at radius 2 is 1.59 bits per heavy atom. The Hall–Kier alpha value is -3.93. The molecule has 2 aliphatic rings. The van der Waals surface area contributed by atoms with Crippen LogP contribution < -0.4 is 14.8 Å². The third-order valence-electron chi connectivity index (χ3n) is 6.86. The maximum Gasteiger partial charge on any atom is 0.346 e. The van der Waals surface area contributed by atoms with E-state index in [1.165, 1.54) is 0 Å². The van der Waals surface area contributed by atoms with E-state index in [0.717, 1.165) is 65.1 Å². The second-order valence-corrected chi connectivity index (χ2v) is 8.84. The van der Waals surface area contributed by atoms with Gasteiger partial charge >= 0.3 is 11.9 Å². The van der Waals surface area contributed by atoms with Crippen LogP contribution in [0, 0.1) is 0 Å². The minimum atomic E-state index is -0.649. The molecule has 0 aromatic heterocycles. The summed E-state index contributed by atoms with van der Waals surface area (Å²) in [7, 11) is 0. The summed E-state index contributed by atoms with van der Waals surface area (Å²) < 4.78 is 13.9. The molecule has 0 N–H and O–H groups in total. The maximum absolute atomic E-state index is 13.0. The lowest BCUT2D eigenvalue weighted by Gasteiger charge is -2.22. The molecule has 0 fully saturated rings. The van der Waals surface area contributed by atoms with Crippen molar-refractivity contribution in [1.29, 1.82) is 0 Å². The number of esters is 2. The molecule has 2 aromatic rings. The van der Waals surface area contributed by atoms with Crippen molar-refractivity contribution in [2.45, 2.75) is 41.0 Å². The lowest BCUT2D eigenvalue weighted by Crippen LogP contribution is -2.29. The Labute approximate surface area is 218 Å². The van der Waals surface area contributed by atoms with E-state index in [1.54, 1.807) is 19.1 Å². The van der Waals surface area contributed by atoms with E-state index in [0.29, 0.717) is 11.1 Å². The summed E-state index contributed by atoms with van der Waals surface area (Å²) in [6.45, 7) is 13.7. The Balaban J connectivity index is 2.07. The van der Waals surface area contributed by atoms with E-state index in [9.17, 15) is 9.59 Å². The van der Waals surface area contributed by atoms with Gasteiger partial charge in [-0.05, 0) is 57.5 Å². The third-order valence-corrected chi connectivity index (χ3v) is 6.86. The molecule has 0 bridgehead atoms. The number of carbonyl (C=O) groups excluding carboxylic acids is 2. The van der Waals surface area contributed by atoms with Crippen molar-refractivity contribution in [2.24, 2.45) is 0 Å². The van der Waals surface area contributed by atoms with Crippen molar-refractivity contribution >= 4 is 28.6 Å². The molecular formula is C31H35N2O4+. The number of carbonyl (C=O) groups is 2. The molecule has 1 aliphatic heterocycles. The monoisotopic (exact) mass is 499 g/mol. The maximum atomic E-state index is 13.0. The zero-order valence-electron chi connectivity index (χ0n) is 22.3. The first-order chi connectivity index (χ1) is 17.9. The number of anilines is 1. The first-order valence-electron chi connectivity index (χ1n) is 13.1. The fourth-order valence-corrected chi connectivity index (χ4v) is 4.84. The minimum absolute atomic E-state index is 0.131. The van der Waals surface area contributed by atoms with E-state index in [2.05, 4.69) is 73.6 Å². The molecule has 0 saturated carbocycles. The number of nitrogens with zero attached hydrogens (tertiary/aromatic N) is 2. The molecule has 1 aliphatic carbocycles. The minimum Gasteiger partial charge on any atom is -0.456 e. The molecule has 2 aromatic carbocycles. The van der Waals surface area contributed by atoms with Gasteiger partial charge in [-0.15, -0.1) is 0 Å². The number of ether oxygens (including phenoxy) is 1. The van der Waals surface area contributed by atoms with Crippen LogP contribution >= 0.6 is 0 Å². The van der Waals surface area contributed by atoms with Gasteiger partial charge in [-0.3, -0.25) is 4.79 Å². The average molecular weight is 500 g/mol. The fourth-order valence-electron chi connectivity index (χ4n) is 4.84. The van der Waals surface area contributed by atoms with E-state index in [1.807, 2.05) is 12.1 Å². The second kappa shape index (κ2) is 11.4. The number of hydrogen-bond acceptors (Lipinski definition) is 5. The standard InChI is InChI=1S/C31H35N2O4/c1-6-29(34)37-31(35)24-14-12-11-13-23(24)30-25-17-15-21(32(7-2)8-3)19-27(25)36-28-20-22(16-18-26(28)30)33(9-4)10-5/h11-20H,6-10H2,1-5H3/q+1. The van der Waals surface area contributed by atoms with Crippen LogP contribution in [0.2, 0.25) is 0 Å². The van der Waals surface area contributed by atoms with Gasteiger partial charge in [0, 0.05) is 53.8 Å². The summed E-state index contributed by atoms with van der Waals surface area (Å²) in [6.07, 6.45) is 0.131. The van der Waals surface area contributed by atoms with E-state index >= 15 is 0 Å². The van der Waals surface area contributed by atoms with E-state index < -0.39 is 11.9 Å². The van der Waals surface area contributed by atoms with Gasteiger partial charge in [0.1, 0.15) is 24.4 Å². The molecule has 0 saturated heterocycles. The molecule has 0 amide bonds. The largest absolute Gasteiger partial charge is 0.456 e. The van der Waals surface area contributed by atoms with Crippen LogP contribution in [0.15, 0.2) is 65.1 Å². The van der Waals surface area contributed by atoms with Gasteiger partial charge in [-0.1, -0.05) is 25.1 Å². The molecule has 1 heterocycles. The van der Waals surface area contributed by atoms with Gasteiger partial charge in [0.2, 0.25) is 5.36 Å². The van der Waals surface area contributed by atoms with E-state index in [-0.39, 0.29) is 6.42 Å². The summed E-state index contributed by atoms with van der Waals surface area (Å²) >= 11 is 0. The topological polar surface area (TPSA) is 62.8 Å². The zero-order valence-corrected chi connectivity index (χ0v) is 22.3. The second-order valence-electron chi connectivity index (χ2n) is 8.84. The smallest absolute Gasteiger partial charge is 0.346 e. The predicted molar refractivity (Wildman–Crippen MR) is 149 cm³/mol. The van der Waals surface area contributed by atoms with Gasteiger partial charge in [0.25, 0.3) is 0 Å². The number of rotatable bonds is 8. The summed E-state index contributed by atoms with van der Waals surface area (Å²) in [5.74, 6) is -0.467. The summed E-state index contributed by atoms with van der Waals surface area (Å²) in [5.41, 5.74) is 4.63. The van der Waals surface area contributed by atoms with Crippen LogP contribution in [0.3, 0.4) is 0 Å². The van der Waals surface area contributed by atoms with Crippen molar-refractivity contribution in [3.05, 3.63) is 71.6 Å². The summed E-state index contributed by atoms with van der Waals surface area (Å²) in [4.78, 5) is 27.2. The Kier molecular flexibility index (Phi) is 8.07. The summed E-state index contributed by atoms with van der Waals surface area (Å²) in [5, 5.41) is 1.97. The fraction of sp³-hybridized carbons (Fsp3) is 0.323. The molecular weight excluding hydrogens is 464 g/mol. The van der Waals surface area contributed by atoms with Crippen molar-refractivity contribution < 1.29 is 18.7 Å². The molecule has 4 rings (SSSR count). The van der Waals surface area contributed by atoms with Gasteiger partial charge in [0.05, 0.1) is 11.6 Å². The lowest BCUT2D eigenvalue weighted by molar-refractivity contribution is -0.137. The molecule has 6 nitrogen and oxygen atoms in total. The van der Waals surface area contributed by atoms with Gasteiger partial charge in [-0.2, -0.15) is 0 Å². The lowest BCUT2D eigenvalue weighted by atomic mass is 9.90. The van der Waals surface area contributed by atoms with Gasteiger partial charge in [0.15, 0.2) is 0 Å². The molecule has 0 unspecified atom stereocenters. The van der Waals surface area contributed by atoms with Crippen LogP contribution in [0.5, 0.6) is 0 Å². The Morgan fingerprint density at radius 1 is 0.865 bits per heavy atom. The third kappa shape index (κ3) is 5.15. The number of fused-ring (bicyclic) bond motifs is 2. The molecule has 0 radical (unpaired) electrons. The van der Waals surface area contributed by atoms with Gasteiger partial charge in [-0.25, -0.2) is 9.37 Å². The molecule has 6 heteroatoms.